The molecule has 1 aliphatic heterocycles. The standard InChI is InChI=1S/C15H29NO/c1-12(2)14-7-3-4-8-15(14)16-13-6-5-10-17-11-9-13/h12-16H,3-11H2,1-2H3. The number of rotatable bonds is 3. The van der Waals surface area contributed by atoms with Crippen molar-refractivity contribution in [2.75, 3.05) is 13.2 Å². The average molecular weight is 239 g/mol. The van der Waals surface area contributed by atoms with Crippen LogP contribution in [0.25, 0.3) is 0 Å². The van der Waals surface area contributed by atoms with E-state index in [0.29, 0.717) is 6.04 Å². The smallest absolute Gasteiger partial charge is 0.0480 e. The lowest BCUT2D eigenvalue weighted by Crippen LogP contribution is -2.46. The minimum atomic E-state index is 0.710. The fourth-order valence-electron chi connectivity index (χ4n) is 3.54. The van der Waals surface area contributed by atoms with Gasteiger partial charge in [-0.15, -0.1) is 0 Å². The third-order valence-corrected chi connectivity index (χ3v) is 4.58. The van der Waals surface area contributed by atoms with E-state index in [-0.39, 0.29) is 0 Å². The van der Waals surface area contributed by atoms with Gasteiger partial charge in [0.1, 0.15) is 0 Å². The van der Waals surface area contributed by atoms with Gasteiger partial charge in [0, 0.05) is 25.3 Å². The minimum absolute atomic E-state index is 0.710. The van der Waals surface area contributed by atoms with Gasteiger partial charge in [0.05, 0.1) is 0 Å². The van der Waals surface area contributed by atoms with Gasteiger partial charge in [-0.2, -0.15) is 0 Å². The molecule has 100 valence electrons. The number of hydrogen-bond donors (Lipinski definition) is 1. The molecule has 1 N–H and O–H groups in total. The van der Waals surface area contributed by atoms with Gasteiger partial charge < -0.3 is 10.1 Å². The monoisotopic (exact) mass is 239 g/mol. The van der Waals surface area contributed by atoms with Crippen molar-refractivity contribution in [2.45, 2.75) is 70.9 Å². The summed E-state index contributed by atoms with van der Waals surface area (Å²) in [6, 6.07) is 1.48. The zero-order valence-corrected chi connectivity index (χ0v) is 11.6. The molecule has 1 saturated heterocycles. The highest BCUT2D eigenvalue weighted by molar-refractivity contribution is 4.85. The molecule has 0 spiro atoms. The molecule has 3 unspecified atom stereocenters. The molecule has 2 rings (SSSR count). The molecule has 0 bridgehead atoms. The molecule has 0 aromatic carbocycles. The molecule has 1 heterocycles. The molecule has 1 aliphatic carbocycles. The minimum Gasteiger partial charge on any atom is -0.381 e. The van der Waals surface area contributed by atoms with E-state index in [1.165, 1.54) is 44.9 Å². The second-order valence-electron chi connectivity index (χ2n) is 6.21. The van der Waals surface area contributed by atoms with Crippen LogP contribution >= 0.6 is 0 Å². The van der Waals surface area contributed by atoms with Gasteiger partial charge in [0.2, 0.25) is 0 Å². The van der Waals surface area contributed by atoms with Gasteiger partial charge in [-0.1, -0.05) is 26.7 Å². The Balaban J connectivity index is 1.85. The highest BCUT2D eigenvalue weighted by Crippen LogP contribution is 2.31. The van der Waals surface area contributed by atoms with Crippen molar-refractivity contribution in [1.29, 1.82) is 0 Å². The molecular weight excluding hydrogens is 210 g/mol. The summed E-state index contributed by atoms with van der Waals surface area (Å²) in [6.07, 6.45) is 9.43. The van der Waals surface area contributed by atoms with E-state index >= 15 is 0 Å². The summed E-state index contributed by atoms with van der Waals surface area (Å²) in [4.78, 5) is 0. The molecular formula is C15H29NO. The van der Waals surface area contributed by atoms with E-state index < -0.39 is 0 Å². The Labute approximate surface area is 107 Å². The van der Waals surface area contributed by atoms with E-state index in [9.17, 15) is 0 Å². The van der Waals surface area contributed by atoms with E-state index in [4.69, 9.17) is 4.74 Å². The fraction of sp³-hybridized carbons (Fsp3) is 1.00. The van der Waals surface area contributed by atoms with Crippen LogP contribution in [0.4, 0.5) is 0 Å². The molecule has 17 heavy (non-hydrogen) atoms. The third-order valence-electron chi connectivity index (χ3n) is 4.58. The highest BCUT2D eigenvalue weighted by Gasteiger charge is 2.29. The first-order valence-corrected chi connectivity index (χ1v) is 7.61. The topological polar surface area (TPSA) is 21.3 Å². The van der Waals surface area contributed by atoms with Crippen molar-refractivity contribution < 1.29 is 4.74 Å². The first-order chi connectivity index (χ1) is 8.27. The normalized spacial score (nSPS) is 35.8. The van der Waals surface area contributed by atoms with Crippen LogP contribution in [0.5, 0.6) is 0 Å². The SMILES string of the molecule is CC(C)C1CCCCC1NC1CCCOCC1. The average Bonchev–Trinajstić information content (AvgIpc) is 2.58. The predicted octanol–water partition coefficient (Wildman–Crippen LogP) is 3.36. The maximum atomic E-state index is 5.55. The van der Waals surface area contributed by atoms with Gasteiger partial charge in [0.15, 0.2) is 0 Å². The Morgan fingerprint density at radius 2 is 1.76 bits per heavy atom. The Bertz CT molecular complexity index is 209. The Kier molecular flexibility index (Phi) is 5.30. The third kappa shape index (κ3) is 3.96. The van der Waals surface area contributed by atoms with Crippen LogP contribution in [0, 0.1) is 11.8 Å². The maximum Gasteiger partial charge on any atom is 0.0480 e. The van der Waals surface area contributed by atoms with E-state index in [2.05, 4.69) is 19.2 Å². The molecule has 2 fully saturated rings. The number of nitrogens with one attached hydrogen (secondary N) is 1. The van der Waals surface area contributed by atoms with Gasteiger partial charge >= 0.3 is 0 Å². The van der Waals surface area contributed by atoms with Crippen LogP contribution in [0.3, 0.4) is 0 Å². The second-order valence-corrected chi connectivity index (χ2v) is 6.21. The van der Waals surface area contributed by atoms with Gasteiger partial charge in [-0.05, 0) is 43.9 Å². The van der Waals surface area contributed by atoms with Crippen molar-refractivity contribution in [1.82, 2.24) is 5.32 Å². The Morgan fingerprint density at radius 3 is 2.59 bits per heavy atom. The first kappa shape index (κ1) is 13.4. The summed E-state index contributed by atoms with van der Waals surface area (Å²) in [7, 11) is 0. The van der Waals surface area contributed by atoms with E-state index in [1.807, 2.05) is 0 Å². The van der Waals surface area contributed by atoms with E-state index in [1.54, 1.807) is 0 Å². The van der Waals surface area contributed by atoms with Crippen molar-refractivity contribution in [3.8, 4) is 0 Å². The summed E-state index contributed by atoms with van der Waals surface area (Å²) in [5.74, 6) is 1.72. The number of ether oxygens (including phenoxy) is 1. The molecule has 0 radical (unpaired) electrons. The summed E-state index contributed by atoms with van der Waals surface area (Å²) in [5.41, 5.74) is 0. The molecule has 2 nitrogen and oxygen atoms in total. The van der Waals surface area contributed by atoms with E-state index in [0.717, 1.165) is 31.1 Å². The lowest BCUT2D eigenvalue weighted by atomic mass is 9.77. The van der Waals surface area contributed by atoms with Crippen molar-refractivity contribution in [3.63, 3.8) is 0 Å². The summed E-state index contributed by atoms with van der Waals surface area (Å²) < 4.78 is 5.55. The summed E-state index contributed by atoms with van der Waals surface area (Å²) in [6.45, 7) is 6.70. The maximum absolute atomic E-state index is 5.55. The van der Waals surface area contributed by atoms with Crippen LogP contribution in [-0.4, -0.2) is 25.3 Å². The van der Waals surface area contributed by atoms with Crippen molar-refractivity contribution in [2.24, 2.45) is 11.8 Å². The lowest BCUT2D eigenvalue weighted by Gasteiger charge is -2.37. The summed E-state index contributed by atoms with van der Waals surface area (Å²) in [5, 5.41) is 3.95. The van der Waals surface area contributed by atoms with Crippen LogP contribution in [0.15, 0.2) is 0 Å². The second kappa shape index (κ2) is 6.75. The molecule has 3 atom stereocenters. The molecule has 2 heteroatoms. The summed E-state index contributed by atoms with van der Waals surface area (Å²) >= 11 is 0. The lowest BCUT2D eigenvalue weighted by molar-refractivity contribution is 0.139. The zero-order chi connectivity index (χ0) is 12.1. The van der Waals surface area contributed by atoms with Crippen LogP contribution in [-0.2, 0) is 4.74 Å². The molecule has 2 aliphatic rings. The molecule has 0 amide bonds. The van der Waals surface area contributed by atoms with Crippen molar-refractivity contribution >= 4 is 0 Å². The van der Waals surface area contributed by atoms with Crippen LogP contribution in [0.1, 0.15) is 58.8 Å². The predicted molar refractivity (Wildman–Crippen MR) is 72.2 cm³/mol. The molecule has 0 aromatic rings. The molecule has 1 saturated carbocycles. The highest BCUT2D eigenvalue weighted by atomic mass is 16.5. The van der Waals surface area contributed by atoms with Crippen LogP contribution < -0.4 is 5.32 Å². The van der Waals surface area contributed by atoms with Gasteiger partial charge in [-0.3, -0.25) is 0 Å². The van der Waals surface area contributed by atoms with Crippen LogP contribution in [0.2, 0.25) is 0 Å². The van der Waals surface area contributed by atoms with Gasteiger partial charge in [-0.25, -0.2) is 0 Å². The molecule has 0 aromatic heterocycles. The fourth-order valence-corrected chi connectivity index (χ4v) is 3.54. The quantitative estimate of drug-likeness (QED) is 0.815. The Morgan fingerprint density at radius 1 is 0.941 bits per heavy atom. The largest absolute Gasteiger partial charge is 0.381 e. The van der Waals surface area contributed by atoms with Gasteiger partial charge in [0.25, 0.3) is 0 Å². The van der Waals surface area contributed by atoms with Crippen molar-refractivity contribution in [3.05, 3.63) is 0 Å². The first-order valence-electron chi connectivity index (χ1n) is 7.61. The Hall–Kier alpha value is -0.0800. The number of hydrogen-bond acceptors (Lipinski definition) is 2. The zero-order valence-electron chi connectivity index (χ0n) is 11.6.